The first-order valence-electron chi connectivity index (χ1n) is 7.89. The van der Waals surface area contributed by atoms with Gasteiger partial charge in [0.1, 0.15) is 11.6 Å². The molecule has 5 heteroatoms. The Morgan fingerprint density at radius 2 is 2.33 bits per heavy atom. The van der Waals surface area contributed by atoms with Crippen molar-refractivity contribution in [2.24, 2.45) is 5.92 Å². The van der Waals surface area contributed by atoms with E-state index in [1.165, 1.54) is 17.1 Å². The molecule has 1 aliphatic rings. The van der Waals surface area contributed by atoms with Gasteiger partial charge in [-0.3, -0.25) is 0 Å². The van der Waals surface area contributed by atoms with Crippen molar-refractivity contribution in [1.29, 1.82) is 0 Å². The molecule has 1 atom stereocenters. The second kappa shape index (κ2) is 6.71. The Hall–Kier alpha value is -1.20. The third-order valence-corrected chi connectivity index (χ3v) is 5.09. The Kier molecular flexibility index (Phi) is 4.70. The fraction of sp³-hybridized carbons (Fsp3) is 0.625. The van der Waals surface area contributed by atoms with Crippen LogP contribution in [0.2, 0.25) is 0 Å². The molecule has 2 aromatic heterocycles. The Morgan fingerprint density at radius 3 is 3.10 bits per heavy atom. The molecule has 0 fully saturated rings. The van der Waals surface area contributed by atoms with Crippen molar-refractivity contribution < 1.29 is 0 Å². The Morgan fingerprint density at radius 1 is 1.43 bits per heavy atom. The van der Waals surface area contributed by atoms with Crippen LogP contribution in [0.4, 0.5) is 0 Å². The van der Waals surface area contributed by atoms with E-state index in [4.69, 9.17) is 0 Å². The molecule has 0 bridgehead atoms. The number of nitrogens with zero attached hydrogens (tertiary/aromatic N) is 3. The maximum Gasteiger partial charge on any atom is 0.135 e. The summed E-state index contributed by atoms with van der Waals surface area (Å²) >= 11 is 1.85. The van der Waals surface area contributed by atoms with Gasteiger partial charge in [-0.15, -0.1) is 21.5 Å². The minimum atomic E-state index is 0.455. The molecule has 0 radical (unpaired) electrons. The third-order valence-electron chi connectivity index (χ3n) is 4.15. The first kappa shape index (κ1) is 14.7. The molecule has 0 saturated carbocycles. The number of aromatic nitrogens is 3. The van der Waals surface area contributed by atoms with Crippen LogP contribution in [0.25, 0.3) is 0 Å². The van der Waals surface area contributed by atoms with Gasteiger partial charge in [0.25, 0.3) is 0 Å². The van der Waals surface area contributed by atoms with Gasteiger partial charge in [-0.2, -0.15) is 0 Å². The molecular weight excluding hydrogens is 280 g/mol. The third kappa shape index (κ3) is 3.52. The van der Waals surface area contributed by atoms with Gasteiger partial charge in [0, 0.05) is 23.8 Å². The van der Waals surface area contributed by atoms with Crippen molar-refractivity contribution >= 4 is 11.3 Å². The lowest BCUT2D eigenvalue weighted by Crippen LogP contribution is -2.31. The molecule has 114 valence electrons. The van der Waals surface area contributed by atoms with Crippen molar-refractivity contribution in [3.8, 4) is 0 Å². The Balaban J connectivity index is 1.48. The largest absolute Gasteiger partial charge is 0.316 e. The lowest BCUT2D eigenvalue weighted by molar-refractivity contribution is 0.341. The summed E-state index contributed by atoms with van der Waals surface area (Å²) in [5, 5.41) is 14.5. The minimum Gasteiger partial charge on any atom is -0.316 e. The topological polar surface area (TPSA) is 42.7 Å². The van der Waals surface area contributed by atoms with Crippen molar-refractivity contribution in [3.63, 3.8) is 0 Å². The molecule has 0 aliphatic carbocycles. The average Bonchev–Trinajstić information content (AvgIpc) is 3.12. The summed E-state index contributed by atoms with van der Waals surface area (Å²) in [4.78, 5) is 1.47. The van der Waals surface area contributed by atoms with Gasteiger partial charge in [0.2, 0.25) is 0 Å². The molecule has 3 rings (SSSR count). The van der Waals surface area contributed by atoms with Gasteiger partial charge in [-0.25, -0.2) is 0 Å². The SMILES string of the molecule is CC(C)c1nnc2n1C[C@@H](CNCCc1cccs1)CC2. The highest BCUT2D eigenvalue weighted by Gasteiger charge is 2.23. The van der Waals surface area contributed by atoms with E-state index in [0.29, 0.717) is 11.8 Å². The van der Waals surface area contributed by atoms with Crippen LogP contribution in [-0.4, -0.2) is 27.9 Å². The highest BCUT2D eigenvalue weighted by Crippen LogP contribution is 2.23. The molecule has 0 amide bonds. The first-order chi connectivity index (χ1) is 10.2. The zero-order valence-electron chi connectivity index (χ0n) is 12.9. The quantitative estimate of drug-likeness (QED) is 0.835. The molecule has 1 aliphatic heterocycles. The van der Waals surface area contributed by atoms with Crippen LogP contribution >= 0.6 is 11.3 Å². The number of fused-ring (bicyclic) bond motifs is 1. The fourth-order valence-electron chi connectivity index (χ4n) is 2.98. The molecule has 2 aromatic rings. The summed E-state index contributed by atoms with van der Waals surface area (Å²) < 4.78 is 2.35. The van der Waals surface area contributed by atoms with E-state index >= 15 is 0 Å². The number of nitrogens with one attached hydrogen (secondary N) is 1. The molecule has 1 N–H and O–H groups in total. The van der Waals surface area contributed by atoms with Gasteiger partial charge < -0.3 is 9.88 Å². The molecule has 0 spiro atoms. The van der Waals surface area contributed by atoms with Crippen molar-refractivity contribution in [2.45, 2.75) is 45.6 Å². The highest BCUT2D eigenvalue weighted by atomic mass is 32.1. The van der Waals surface area contributed by atoms with Gasteiger partial charge in [0.15, 0.2) is 0 Å². The number of hydrogen-bond donors (Lipinski definition) is 1. The van der Waals surface area contributed by atoms with Gasteiger partial charge in [-0.05, 0) is 43.3 Å². The van der Waals surface area contributed by atoms with E-state index in [0.717, 1.165) is 38.3 Å². The van der Waals surface area contributed by atoms with Crippen LogP contribution in [0, 0.1) is 5.92 Å². The van der Waals surface area contributed by atoms with Gasteiger partial charge >= 0.3 is 0 Å². The molecule has 0 unspecified atom stereocenters. The predicted octanol–water partition coefficient (Wildman–Crippen LogP) is 2.86. The Bertz CT molecular complexity index is 559. The zero-order valence-corrected chi connectivity index (χ0v) is 13.7. The summed E-state index contributed by atoms with van der Waals surface area (Å²) in [6.45, 7) is 7.63. The molecule has 0 saturated heterocycles. The first-order valence-corrected chi connectivity index (χ1v) is 8.77. The minimum absolute atomic E-state index is 0.455. The summed E-state index contributed by atoms with van der Waals surface area (Å²) in [6.07, 6.45) is 3.43. The molecule has 4 nitrogen and oxygen atoms in total. The molecular formula is C16H24N4S. The molecule has 21 heavy (non-hydrogen) atoms. The maximum absolute atomic E-state index is 4.36. The van der Waals surface area contributed by atoms with Crippen molar-refractivity contribution in [1.82, 2.24) is 20.1 Å². The number of rotatable bonds is 6. The van der Waals surface area contributed by atoms with Crippen molar-refractivity contribution in [3.05, 3.63) is 34.0 Å². The number of hydrogen-bond acceptors (Lipinski definition) is 4. The van der Waals surface area contributed by atoms with E-state index in [-0.39, 0.29) is 0 Å². The standard InChI is InChI=1S/C16H24N4S/c1-12(2)16-19-18-15-6-5-13(11-20(15)16)10-17-8-7-14-4-3-9-21-14/h3-4,9,12-13,17H,5-8,10-11H2,1-2H3/t13-/m1/s1. The van der Waals surface area contributed by atoms with Crippen LogP contribution in [0.3, 0.4) is 0 Å². The smallest absolute Gasteiger partial charge is 0.135 e. The van der Waals surface area contributed by atoms with Crippen LogP contribution < -0.4 is 5.32 Å². The van der Waals surface area contributed by atoms with Gasteiger partial charge in [-0.1, -0.05) is 19.9 Å². The van der Waals surface area contributed by atoms with E-state index < -0.39 is 0 Å². The lowest BCUT2D eigenvalue weighted by atomic mass is 9.98. The second-order valence-corrected chi connectivity index (χ2v) is 7.21. The lowest BCUT2D eigenvalue weighted by Gasteiger charge is -2.25. The van der Waals surface area contributed by atoms with Crippen LogP contribution in [0.15, 0.2) is 17.5 Å². The average molecular weight is 304 g/mol. The fourth-order valence-corrected chi connectivity index (χ4v) is 3.69. The van der Waals surface area contributed by atoms with Crippen LogP contribution in [0.1, 0.15) is 42.7 Å². The summed E-state index contributed by atoms with van der Waals surface area (Å²) in [7, 11) is 0. The zero-order chi connectivity index (χ0) is 14.7. The Labute approximate surface area is 130 Å². The normalized spacial score (nSPS) is 18.1. The van der Waals surface area contributed by atoms with Crippen molar-refractivity contribution in [2.75, 3.05) is 13.1 Å². The van der Waals surface area contributed by atoms with E-state index in [1.807, 2.05) is 11.3 Å². The maximum atomic E-state index is 4.36. The number of thiophene rings is 1. The highest BCUT2D eigenvalue weighted by molar-refractivity contribution is 7.09. The predicted molar refractivity (Wildman–Crippen MR) is 86.8 cm³/mol. The summed E-state index contributed by atoms with van der Waals surface area (Å²) in [5.41, 5.74) is 0. The van der Waals surface area contributed by atoms with E-state index in [2.05, 4.69) is 51.4 Å². The van der Waals surface area contributed by atoms with Crippen LogP contribution in [0.5, 0.6) is 0 Å². The summed E-state index contributed by atoms with van der Waals surface area (Å²) in [6, 6.07) is 4.34. The monoisotopic (exact) mass is 304 g/mol. The van der Waals surface area contributed by atoms with Crippen LogP contribution in [-0.2, 0) is 19.4 Å². The molecule has 0 aromatic carbocycles. The molecule has 3 heterocycles. The van der Waals surface area contributed by atoms with Gasteiger partial charge in [0.05, 0.1) is 0 Å². The second-order valence-electron chi connectivity index (χ2n) is 6.18. The van der Waals surface area contributed by atoms with E-state index in [1.54, 1.807) is 0 Å². The van der Waals surface area contributed by atoms with E-state index in [9.17, 15) is 0 Å². The summed E-state index contributed by atoms with van der Waals surface area (Å²) in [5.74, 6) is 3.48. The number of aryl methyl sites for hydroxylation is 1.